The van der Waals surface area contributed by atoms with E-state index in [1.807, 2.05) is 45.0 Å². The summed E-state index contributed by atoms with van der Waals surface area (Å²) in [7, 11) is 1.66. The molecule has 1 aromatic heterocycles. The number of fused-ring (bicyclic) bond motifs is 1. The van der Waals surface area contributed by atoms with Crippen LogP contribution in [0.25, 0.3) is 11.5 Å². The van der Waals surface area contributed by atoms with Crippen molar-refractivity contribution in [1.29, 1.82) is 0 Å². The van der Waals surface area contributed by atoms with E-state index in [0.29, 0.717) is 30.3 Å². The average molecular weight is 450 g/mol. The molecule has 0 spiro atoms. The van der Waals surface area contributed by atoms with Crippen LogP contribution < -0.4 is 10.1 Å². The van der Waals surface area contributed by atoms with Gasteiger partial charge in [-0.2, -0.15) is 0 Å². The van der Waals surface area contributed by atoms with E-state index in [1.165, 1.54) is 11.1 Å². The molecule has 33 heavy (non-hydrogen) atoms. The molecular formula is C26H31N3O4. The molecule has 174 valence electrons. The van der Waals surface area contributed by atoms with Gasteiger partial charge in [-0.25, -0.2) is 0 Å². The third-order valence-electron chi connectivity index (χ3n) is 6.06. The van der Waals surface area contributed by atoms with Crippen LogP contribution in [-0.2, 0) is 18.4 Å². The van der Waals surface area contributed by atoms with Crippen molar-refractivity contribution in [3.63, 3.8) is 0 Å². The lowest BCUT2D eigenvalue weighted by molar-refractivity contribution is 0.0877. The maximum Gasteiger partial charge on any atom is 0.247 e. The number of aromatic nitrogens is 2. The number of nitrogens with zero attached hydrogens (tertiary/aromatic N) is 2. The molecule has 0 unspecified atom stereocenters. The summed E-state index contributed by atoms with van der Waals surface area (Å²) in [5.41, 5.74) is 3.55. The normalized spacial score (nSPS) is 16.8. The van der Waals surface area contributed by atoms with Crippen molar-refractivity contribution in [2.24, 2.45) is 0 Å². The van der Waals surface area contributed by atoms with Gasteiger partial charge in [-0.1, -0.05) is 39.0 Å². The number of carbonyl (C=O) groups excluding carboxylic acids is 1. The molecule has 0 saturated carbocycles. The molecular weight excluding hydrogens is 418 g/mol. The molecule has 2 N–H and O–H groups in total. The number of aliphatic hydroxyl groups excluding tert-OH is 1. The number of rotatable bonds is 7. The van der Waals surface area contributed by atoms with E-state index in [-0.39, 0.29) is 23.7 Å². The van der Waals surface area contributed by atoms with Gasteiger partial charge in [0.25, 0.3) is 0 Å². The zero-order valence-corrected chi connectivity index (χ0v) is 19.6. The first-order valence-corrected chi connectivity index (χ1v) is 11.3. The summed E-state index contributed by atoms with van der Waals surface area (Å²) in [6.07, 6.45) is 0.813. The van der Waals surface area contributed by atoms with Crippen LogP contribution in [-0.4, -0.2) is 40.3 Å². The molecule has 0 fully saturated rings. The van der Waals surface area contributed by atoms with Crippen molar-refractivity contribution in [2.75, 3.05) is 7.11 Å². The van der Waals surface area contributed by atoms with Crippen LogP contribution in [0.5, 0.6) is 5.75 Å². The van der Waals surface area contributed by atoms with Gasteiger partial charge in [0, 0.05) is 35.5 Å². The predicted molar refractivity (Wildman–Crippen MR) is 125 cm³/mol. The first-order chi connectivity index (χ1) is 15.7. The van der Waals surface area contributed by atoms with E-state index in [4.69, 9.17) is 9.15 Å². The van der Waals surface area contributed by atoms with Gasteiger partial charge in [0.1, 0.15) is 5.75 Å². The van der Waals surface area contributed by atoms with Crippen LogP contribution in [0.2, 0.25) is 0 Å². The highest BCUT2D eigenvalue weighted by Gasteiger charge is 2.25. The van der Waals surface area contributed by atoms with Gasteiger partial charge in [-0.3, -0.25) is 4.79 Å². The minimum atomic E-state index is -0.599. The van der Waals surface area contributed by atoms with Crippen LogP contribution in [0.15, 0.2) is 46.9 Å². The molecule has 2 aromatic carbocycles. The van der Waals surface area contributed by atoms with E-state index in [1.54, 1.807) is 19.2 Å². The number of Topliss-reactive ketones (excluding diaryl/α,β-unsaturated/α-hetero) is 1. The van der Waals surface area contributed by atoms with Gasteiger partial charge in [-0.15, -0.1) is 10.2 Å². The van der Waals surface area contributed by atoms with Gasteiger partial charge in [0.2, 0.25) is 11.8 Å². The molecule has 4 rings (SSSR count). The van der Waals surface area contributed by atoms with Crippen LogP contribution in [0.1, 0.15) is 61.0 Å². The lowest BCUT2D eigenvalue weighted by Crippen LogP contribution is -2.44. The quantitative estimate of drug-likeness (QED) is 0.525. The summed E-state index contributed by atoms with van der Waals surface area (Å²) < 4.78 is 11.0. The standard InChI is InChI=1S/C26H31N3O4/c1-26(2,3)25-29-28-24(33-25)17-7-5-16(6-8-17)22(30)11-12-23(31)21-14-18-9-10-20(32-4)13-19(18)15-27-21/h5-10,13,21,23,27,31H,11-12,14-15H2,1-4H3/t21-,23+/m0/s1. The fourth-order valence-electron chi connectivity index (χ4n) is 3.98. The van der Waals surface area contributed by atoms with Crippen LogP contribution >= 0.6 is 0 Å². The van der Waals surface area contributed by atoms with Crippen LogP contribution in [0.3, 0.4) is 0 Å². The molecule has 2 atom stereocenters. The number of nitrogens with one attached hydrogen (secondary N) is 1. The fourth-order valence-corrected chi connectivity index (χ4v) is 3.98. The third-order valence-corrected chi connectivity index (χ3v) is 6.06. The second-order valence-electron chi connectivity index (χ2n) is 9.60. The van der Waals surface area contributed by atoms with E-state index in [9.17, 15) is 9.90 Å². The number of aliphatic hydroxyl groups is 1. The maximum atomic E-state index is 12.7. The summed E-state index contributed by atoms with van der Waals surface area (Å²) in [4.78, 5) is 12.7. The average Bonchev–Trinajstić information content (AvgIpc) is 3.33. The van der Waals surface area contributed by atoms with Crippen molar-refractivity contribution >= 4 is 5.78 Å². The van der Waals surface area contributed by atoms with Crippen molar-refractivity contribution in [3.8, 4) is 17.2 Å². The number of carbonyl (C=O) groups is 1. The summed E-state index contributed by atoms with van der Waals surface area (Å²) >= 11 is 0. The fraction of sp³-hybridized carbons (Fsp3) is 0.423. The molecule has 7 heteroatoms. The van der Waals surface area contributed by atoms with Crippen LogP contribution in [0.4, 0.5) is 0 Å². The molecule has 0 amide bonds. The van der Waals surface area contributed by atoms with Crippen molar-refractivity contribution in [3.05, 3.63) is 65.0 Å². The largest absolute Gasteiger partial charge is 0.497 e. The maximum absolute atomic E-state index is 12.7. The molecule has 0 saturated heterocycles. The SMILES string of the molecule is COc1ccc2c(c1)CN[C@H]([C@H](O)CCC(=O)c1ccc(-c3nnc(C(C)(C)C)o3)cc1)C2. The smallest absolute Gasteiger partial charge is 0.247 e. The molecule has 0 aliphatic carbocycles. The van der Waals surface area contributed by atoms with Gasteiger partial charge in [-0.05, 0) is 48.2 Å². The number of hydrogen-bond acceptors (Lipinski definition) is 7. The Balaban J connectivity index is 1.32. The highest BCUT2D eigenvalue weighted by molar-refractivity contribution is 5.96. The Labute approximate surface area is 194 Å². The molecule has 7 nitrogen and oxygen atoms in total. The first-order valence-electron chi connectivity index (χ1n) is 11.3. The lowest BCUT2D eigenvalue weighted by atomic mass is 9.90. The van der Waals surface area contributed by atoms with Gasteiger partial charge in [0.15, 0.2) is 5.78 Å². The summed E-state index contributed by atoms with van der Waals surface area (Å²) in [5.74, 6) is 1.85. The zero-order valence-electron chi connectivity index (χ0n) is 19.6. The van der Waals surface area contributed by atoms with Crippen molar-refractivity contribution < 1.29 is 19.1 Å². The molecule has 1 aliphatic heterocycles. The highest BCUT2D eigenvalue weighted by Crippen LogP contribution is 2.26. The molecule has 1 aliphatic rings. The van der Waals surface area contributed by atoms with E-state index in [2.05, 4.69) is 21.6 Å². The third kappa shape index (κ3) is 5.31. The Morgan fingerprint density at radius 3 is 2.61 bits per heavy atom. The molecule has 2 heterocycles. The minimum Gasteiger partial charge on any atom is -0.497 e. The molecule has 0 bridgehead atoms. The van der Waals surface area contributed by atoms with Gasteiger partial charge in [0.05, 0.1) is 13.2 Å². The lowest BCUT2D eigenvalue weighted by Gasteiger charge is -2.30. The topological polar surface area (TPSA) is 97.5 Å². The number of methoxy groups -OCH3 is 1. The van der Waals surface area contributed by atoms with Gasteiger partial charge >= 0.3 is 0 Å². The summed E-state index contributed by atoms with van der Waals surface area (Å²) in [6, 6.07) is 13.1. The number of ketones is 1. The molecule has 0 radical (unpaired) electrons. The predicted octanol–water partition coefficient (Wildman–Crippen LogP) is 4.08. The summed E-state index contributed by atoms with van der Waals surface area (Å²) in [5, 5.41) is 22.3. The Hall–Kier alpha value is -3.03. The minimum absolute atomic E-state index is 0.00227. The second-order valence-corrected chi connectivity index (χ2v) is 9.60. The Bertz CT molecular complexity index is 1120. The Morgan fingerprint density at radius 2 is 1.94 bits per heavy atom. The van der Waals surface area contributed by atoms with E-state index in [0.717, 1.165) is 17.7 Å². The monoisotopic (exact) mass is 449 g/mol. The van der Waals surface area contributed by atoms with E-state index >= 15 is 0 Å². The Morgan fingerprint density at radius 1 is 1.18 bits per heavy atom. The number of benzene rings is 2. The summed E-state index contributed by atoms with van der Waals surface area (Å²) in [6.45, 7) is 6.72. The van der Waals surface area contributed by atoms with Crippen LogP contribution in [0, 0.1) is 0 Å². The number of hydrogen-bond donors (Lipinski definition) is 2. The van der Waals surface area contributed by atoms with Crippen molar-refractivity contribution in [2.45, 2.75) is 64.1 Å². The second kappa shape index (κ2) is 9.45. The zero-order chi connectivity index (χ0) is 23.6. The number of ether oxygens (including phenoxy) is 1. The van der Waals surface area contributed by atoms with Crippen molar-refractivity contribution in [1.82, 2.24) is 15.5 Å². The highest BCUT2D eigenvalue weighted by atomic mass is 16.5. The first kappa shape index (κ1) is 23.1. The van der Waals surface area contributed by atoms with Gasteiger partial charge < -0.3 is 19.6 Å². The van der Waals surface area contributed by atoms with E-state index < -0.39 is 6.10 Å². The molecule has 3 aromatic rings. The Kier molecular flexibility index (Phi) is 6.63.